The van der Waals surface area contributed by atoms with Gasteiger partial charge in [-0.25, -0.2) is 5.84 Å². The first kappa shape index (κ1) is 16.1. The van der Waals surface area contributed by atoms with Crippen molar-refractivity contribution in [1.29, 1.82) is 0 Å². The van der Waals surface area contributed by atoms with Crippen LogP contribution in [0.25, 0.3) is 0 Å². The Morgan fingerprint density at radius 2 is 1.47 bits per heavy atom. The Labute approximate surface area is 106 Å². The molecule has 0 unspecified atom stereocenters. The number of rotatable bonds is 2. The second kappa shape index (κ2) is 5.98. The number of aliphatic imine (C=N–C) groups is 1. The van der Waals surface area contributed by atoms with E-state index in [9.17, 15) is 26.3 Å². The number of amidine groups is 1. The van der Waals surface area contributed by atoms with Crippen LogP contribution in [0.3, 0.4) is 0 Å². The van der Waals surface area contributed by atoms with E-state index >= 15 is 0 Å². The molecule has 0 aromatic carbocycles. The first-order valence-corrected chi connectivity index (χ1v) is 5.84. The Hall–Kier alpha value is -0.990. The minimum atomic E-state index is -5.47. The molecule has 0 radical (unpaired) electrons. The van der Waals surface area contributed by atoms with E-state index in [4.69, 9.17) is 5.84 Å². The molecular formula is C10H15F6N3. The lowest BCUT2D eigenvalue weighted by molar-refractivity contribution is -0.261. The number of nitrogens with one attached hydrogen (secondary N) is 1. The van der Waals surface area contributed by atoms with Crippen molar-refractivity contribution in [2.75, 3.05) is 0 Å². The molecule has 0 aromatic heterocycles. The van der Waals surface area contributed by atoms with E-state index in [-0.39, 0.29) is 0 Å². The monoisotopic (exact) mass is 291 g/mol. The highest BCUT2D eigenvalue weighted by atomic mass is 19.4. The molecule has 1 fully saturated rings. The minimum absolute atomic E-state index is 0.480. The fraction of sp³-hybridized carbons (Fsp3) is 0.900. The number of halogens is 6. The first-order chi connectivity index (χ1) is 8.66. The van der Waals surface area contributed by atoms with Crippen molar-refractivity contribution < 1.29 is 26.3 Å². The Kier molecular flexibility index (Phi) is 5.05. The molecule has 0 amide bonds. The molecule has 1 aliphatic carbocycles. The van der Waals surface area contributed by atoms with Gasteiger partial charge in [-0.15, -0.1) is 0 Å². The van der Waals surface area contributed by atoms with E-state index in [2.05, 4.69) is 4.99 Å². The van der Waals surface area contributed by atoms with Crippen LogP contribution in [-0.2, 0) is 0 Å². The summed E-state index contributed by atoms with van der Waals surface area (Å²) in [5.41, 5.74) is 1.47. The quantitative estimate of drug-likeness (QED) is 0.270. The van der Waals surface area contributed by atoms with Crippen molar-refractivity contribution in [2.45, 2.75) is 50.5 Å². The van der Waals surface area contributed by atoms with Crippen LogP contribution in [-0.4, -0.2) is 24.2 Å². The molecule has 0 atom stereocenters. The van der Waals surface area contributed by atoms with Gasteiger partial charge in [0.15, 0.2) is 0 Å². The molecular weight excluding hydrogens is 276 g/mol. The number of hydrogen-bond acceptors (Lipinski definition) is 2. The molecule has 3 nitrogen and oxygen atoms in total. The Bertz CT molecular complexity index is 302. The smallest absolute Gasteiger partial charge is 0.311 e. The van der Waals surface area contributed by atoms with Crippen molar-refractivity contribution in [3.63, 3.8) is 0 Å². The molecule has 0 bridgehead atoms. The van der Waals surface area contributed by atoms with E-state index in [1.54, 1.807) is 0 Å². The molecule has 1 saturated carbocycles. The van der Waals surface area contributed by atoms with Crippen LogP contribution < -0.4 is 11.3 Å². The third-order valence-electron chi connectivity index (χ3n) is 2.97. The van der Waals surface area contributed by atoms with Gasteiger partial charge in [-0.05, 0) is 12.8 Å². The van der Waals surface area contributed by atoms with Gasteiger partial charge < -0.3 is 5.43 Å². The van der Waals surface area contributed by atoms with E-state index in [0.717, 1.165) is 19.3 Å². The van der Waals surface area contributed by atoms with Crippen LogP contribution in [0.5, 0.6) is 0 Å². The lowest BCUT2D eigenvalue weighted by Gasteiger charge is -2.26. The van der Waals surface area contributed by atoms with E-state index in [1.807, 2.05) is 0 Å². The Morgan fingerprint density at radius 1 is 1.00 bits per heavy atom. The summed E-state index contributed by atoms with van der Waals surface area (Å²) < 4.78 is 75.1. The highest BCUT2D eigenvalue weighted by Crippen LogP contribution is 2.40. The molecule has 1 aliphatic rings. The van der Waals surface area contributed by atoms with Crippen molar-refractivity contribution in [3.8, 4) is 0 Å². The third kappa shape index (κ3) is 4.55. The van der Waals surface area contributed by atoms with Crippen molar-refractivity contribution in [2.24, 2.45) is 16.8 Å². The summed E-state index contributed by atoms with van der Waals surface area (Å²) in [6, 6.07) is -0.535. The Balaban J connectivity index is 2.99. The summed E-state index contributed by atoms with van der Waals surface area (Å²) in [5, 5.41) is 0. The molecule has 0 aromatic rings. The lowest BCUT2D eigenvalue weighted by atomic mass is 9.95. The van der Waals surface area contributed by atoms with Crippen LogP contribution in [0, 0.1) is 5.92 Å². The maximum absolute atomic E-state index is 12.5. The molecule has 0 heterocycles. The molecule has 1 rings (SSSR count). The predicted molar refractivity (Wildman–Crippen MR) is 57.2 cm³/mol. The number of nitrogens with zero attached hydrogens (tertiary/aromatic N) is 1. The summed E-state index contributed by atoms with van der Waals surface area (Å²) >= 11 is 0. The third-order valence-corrected chi connectivity index (χ3v) is 2.97. The zero-order valence-corrected chi connectivity index (χ0v) is 9.98. The van der Waals surface area contributed by atoms with Crippen LogP contribution in [0.4, 0.5) is 26.3 Å². The van der Waals surface area contributed by atoms with Gasteiger partial charge in [0.2, 0.25) is 5.92 Å². The molecule has 9 heteroatoms. The number of nitrogens with two attached hydrogens (primary N) is 1. The van der Waals surface area contributed by atoms with E-state index < -0.39 is 30.1 Å². The predicted octanol–water partition coefficient (Wildman–Crippen LogP) is 2.92. The van der Waals surface area contributed by atoms with Crippen LogP contribution in [0.1, 0.15) is 32.1 Å². The second-order valence-corrected chi connectivity index (χ2v) is 4.47. The summed E-state index contributed by atoms with van der Waals surface area (Å²) in [5.74, 6) is -0.114. The van der Waals surface area contributed by atoms with Crippen LogP contribution in [0.15, 0.2) is 4.99 Å². The van der Waals surface area contributed by atoms with E-state index in [0.29, 0.717) is 12.8 Å². The molecule has 3 N–H and O–H groups in total. The average Bonchev–Trinajstić information content (AvgIpc) is 2.25. The van der Waals surface area contributed by atoms with Crippen molar-refractivity contribution >= 4 is 5.84 Å². The lowest BCUT2D eigenvalue weighted by Crippen LogP contribution is -2.50. The van der Waals surface area contributed by atoms with Gasteiger partial charge in [-0.3, -0.25) is 4.99 Å². The highest BCUT2D eigenvalue weighted by Gasteiger charge is 2.59. The highest BCUT2D eigenvalue weighted by molar-refractivity contribution is 5.85. The van der Waals surface area contributed by atoms with Gasteiger partial charge in [0.25, 0.3) is 0 Å². The van der Waals surface area contributed by atoms with Gasteiger partial charge in [-0.1, -0.05) is 19.3 Å². The first-order valence-electron chi connectivity index (χ1n) is 5.84. The topological polar surface area (TPSA) is 50.4 Å². The van der Waals surface area contributed by atoms with Gasteiger partial charge in [0.05, 0.1) is 6.04 Å². The number of hydrazine groups is 1. The summed E-state index contributed by atoms with van der Waals surface area (Å²) in [4.78, 5) is 3.53. The van der Waals surface area contributed by atoms with Crippen molar-refractivity contribution in [1.82, 2.24) is 5.43 Å². The van der Waals surface area contributed by atoms with Crippen LogP contribution >= 0.6 is 0 Å². The van der Waals surface area contributed by atoms with Crippen LogP contribution in [0.2, 0.25) is 0 Å². The zero-order chi connectivity index (χ0) is 14.7. The fourth-order valence-electron chi connectivity index (χ4n) is 2.10. The molecule has 0 saturated heterocycles. The summed E-state index contributed by atoms with van der Waals surface area (Å²) in [6.45, 7) is 0. The maximum Gasteiger partial charge on any atom is 0.407 e. The van der Waals surface area contributed by atoms with Gasteiger partial charge in [0, 0.05) is 0 Å². The minimum Gasteiger partial charge on any atom is -0.311 e. The molecule has 19 heavy (non-hydrogen) atoms. The van der Waals surface area contributed by atoms with E-state index in [1.165, 1.54) is 5.43 Å². The number of alkyl halides is 6. The summed E-state index contributed by atoms with van der Waals surface area (Å²) in [7, 11) is 0. The molecule has 0 spiro atoms. The number of hydrogen-bond donors (Lipinski definition) is 2. The second-order valence-electron chi connectivity index (χ2n) is 4.47. The average molecular weight is 291 g/mol. The van der Waals surface area contributed by atoms with Gasteiger partial charge in [-0.2, -0.15) is 26.3 Å². The van der Waals surface area contributed by atoms with Gasteiger partial charge >= 0.3 is 12.4 Å². The SMILES string of the molecule is NNC(=NC1CCCCC1)C(C(F)(F)F)C(F)(F)F. The summed E-state index contributed by atoms with van der Waals surface area (Å²) in [6.07, 6.45) is -7.58. The molecule has 112 valence electrons. The Morgan fingerprint density at radius 3 is 1.84 bits per heavy atom. The zero-order valence-electron chi connectivity index (χ0n) is 9.98. The fourth-order valence-corrected chi connectivity index (χ4v) is 2.10. The van der Waals surface area contributed by atoms with Crippen molar-refractivity contribution in [3.05, 3.63) is 0 Å². The molecule has 0 aliphatic heterocycles. The largest absolute Gasteiger partial charge is 0.407 e. The standard InChI is InChI=1S/C10H15F6N3/c11-9(12,13)7(10(14,15)16)8(19-17)18-6-4-2-1-3-5-6/h6-7H,1-5,17H2,(H,18,19). The maximum atomic E-state index is 12.5. The normalized spacial score (nSPS) is 19.9. The van der Waals surface area contributed by atoms with Gasteiger partial charge in [0.1, 0.15) is 5.84 Å².